The maximum absolute atomic E-state index is 12.9. The minimum atomic E-state index is -0.540. The SMILES string of the molecule is CNC(=O)C(C)N(Cc1cccc(Br)c1)C(=O)Cc1cccc(C)c1. The van der Waals surface area contributed by atoms with E-state index in [1.54, 1.807) is 18.9 Å². The third kappa shape index (κ3) is 5.43. The molecule has 0 aliphatic heterocycles. The summed E-state index contributed by atoms with van der Waals surface area (Å²) < 4.78 is 0.948. The first kappa shape index (κ1) is 19.2. The zero-order valence-corrected chi connectivity index (χ0v) is 16.3. The Balaban J connectivity index is 2.23. The number of aryl methyl sites for hydroxylation is 1. The van der Waals surface area contributed by atoms with E-state index in [0.29, 0.717) is 6.54 Å². The Bertz CT molecular complexity index is 761. The molecule has 2 rings (SSSR count). The van der Waals surface area contributed by atoms with Crippen LogP contribution in [0.2, 0.25) is 0 Å². The number of carbonyl (C=O) groups is 2. The van der Waals surface area contributed by atoms with Gasteiger partial charge in [0.2, 0.25) is 11.8 Å². The molecular weight excluding hydrogens is 380 g/mol. The lowest BCUT2D eigenvalue weighted by Gasteiger charge is -2.28. The first-order valence-electron chi connectivity index (χ1n) is 8.21. The second kappa shape index (κ2) is 8.81. The second-order valence-corrected chi connectivity index (χ2v) is 7.02. The van der Waals surface area contributed by atoms with E-state index in [-0.39, 0.29) is 18.2 Å². The van der Waals surface area contributed by atoms with Crippen LogP contribution in [0.1, 0.15) is 23.6 Å². The first-order valence-corrected chi connectivity index (χ1v) is 9.01. The molecule has 0 fully saturated rings. The average molecular weight is 403 g/mol. The minimum absolute atomic E-state index is 0.0679. The lowest BCUT2D eigenvalue weighted by molar-refractivity contribution is -0.139. The third-order valence-electron chi connectivity index (χ3n) is 4.09. The number of nitrogens with zero attached hydrogens (tertiary/aromatic N) is 1. The quantitative estimate of drug-likeness (QED) is 0.803. The molecule has 0 spiro atoms. The van der Waals surface area contributed by atoms with Crippen molar-refractivity contribution in [3.8, 4) is 0 Å². The topological polar surface area (TPSA) is 49.4 Å². The molecule has 1 unspecified atom stereocenters. The van der Waals surface area contributed by atoms with E-state index in [9.17, 15) is 9.59 Å². The summed E-state index contributed by atoms with van der Waals surface area (Å²) in [6.45, 7) is 4.14. The number of hydrogen-bond donors (Lipinski definition) is 1. The van der Waals surface area contributed by atoms with Crippen molar-refractivity contribution in [3.63, 3.8) is 0 Å². The van der Waals surface area contributed by atoms with Crippen molar-refractivity contribution in [2.24, 2.45) is 0 Å². The highest BCUT2D eigenvalue weighted by Crippen LogP contribution is 2.16. The highest BCUT2D eigenvalue weighted by molar-refractivity contribution is 9.10. The van der Waals surface area contributed by atoms with Gasteiger partial charge < -0.3 is 10.2 Å². The number of carbonyl (C=O) groups excluding carboxylic acids is 2. The van der Waals surface area contributed by atoms with Gasteiger partial charge >= 0.3 is 0 Å². The van der Waals surface area contributed by atoms with Crippen LogP contribution in [0.5, 0.6) is 0 Å². The second-order valence-electron chi connectivity index (χ2n) is 6.11. The zero-order chi connectivity index (χ0) is 18.4. The minimum Gasteiger partial charge on any atom is -0.357 e. The Morgan fingerprint density at radius 2 is 1.80 bits per heavy atom. The van der Waals surface area contributed by atoms with Crippen molar-refractivity contribution in [3.05, 3.63) is 69.7 Å². The molecule has 0 radical (unpaired) electrons. The maximum Gasteiger partial charge on any atom is 0.242 e. The summed E-state index contributed by atoms with van der Waals surface area (Å²) in [6, 6.07) is 15.1. The van der Waals surface area contributed by atoms with Crippen molar-refractivity contribution in [1.29, 1.82) is 0 Å². The lowest BCUT2D eigenvalue weighted by Crippen LogP contribution is -2.47. The Hall–Kier alpha value is -2.14. The molecule has 0 bridgehead atoms. The predicted octanol–water partition coefficient (Wildman–Crippen LogP) is 3.46. The van der Waals surface area contributed by atoms with E-state index < -0.39 is 6.04 Å². The molecule has 0 aromatic heterocycles. The third-order valence-corrected chi connectivity index (χ3v) is 4.59. The Morgan fingerprint density at radius 1 is 1.12 bits per heavy atom. The van der Waals surface area contributed by atoms with Gasteiger partial charge in [0.05, 0.1) is 6.42 Å². The molecule has 1 atom stereocenters. The molecule has 0 aliphatic rings. The normalized spacial score (nSPS) is 11.7. The van der Waals surface area contributed by atoms with Crippen LogP contribution < -0.4 is 5.32 Å². The molecule has 4 nitrogen and oxygen atoms in total. The highest BCUT2D eigenvalue weighted by atomic mass is 79.9. The fraction of sp³-hybridized carbons (Fsp3) is 0.300. The summed E-state index contributed by atoms with van der Waals surface area (Å²) in [7, 11) is 1.58. The molecule has 5 heteroatoms. The van der Waals surface area contributed by atoms with Gasteiger partial charge in [-0.2, -0.15) is 0 Å². The summed E-state index contributed by atoms with van der Waals surface area (Å²) in [4.78, 5) is 26.6. The van der Waals surface area contributed by atoms with E-state index in [4.69, 9.17) is 0 Å². The largest absolute Gasteiger partial charge is 0.357 e. The van der Waals surface area contributed by atoms with Crippen LogP contribution in [-0.2, 0) is 22.6 Å². The molecule has 0 saturated heterocycles. The Kier molecular flexibility index (Phi) is 6.76. The number of nitrogens with one attached hydrogen (secondary N) is 1. The number of halogens is 1. The number of hydrogen-bond acceptors (Lipinski definition) is 2. The van der Waals surface area contributed by atoms with E-state index in [1.165, 1.54) is 0 Å². The highest BCUT2D eigenvalue weighted by Gasteiger charge is 2.25. The Morgan fingerprint density at radius 3 is 2.44 bits per heavy atom. The summed E-state index contributed by atoms with van der Waals surface area (Å²) >= 11 is 3.45. The number of benzene rings is 2. The summed E-state index contributed by atoms with van der Waals surface area (Å²) in [5.41, 5.74) is 3.04. The van der Waals surface area contributed by atoms with Gasteiger partial charge in [0.15, 0.2) is 0 Å². The van der Waals surface area contributed by atoms with E-state index in [0.717, 1.165) is 21.2 Å². The van der Waals surface area contributed by atoms with Gasteiger partial charge in [0, 0.05) is 18.1 Å². The van der Waals surface area contributed by atoms with Crippen LogP contribution >= 0.6 is 15.9 Å². The monoisotopic (exact) mass is 402 g/mol. The molecule has 25 heavy (non-hydrogen) atoms. The molecule has 2 amide bonds. The standard InChI is InChI=1S/C20H23BrN2O2/c1-14-6-4-7-16(10-14)12-19(24)23(15(2)20(25)22-3)13-17-8-5-9-18(21)11-17/h4-11,15H,12-13H2,1-3H3,(H,22,25). The van der Waals surface area contributed by atoms with Crippen molar-refractivity contribution >= 4 is 27.7 Å². The van der Waals surface area contributed by atoms with Gasteiger partial charge in [-0.15, -0.1) is 0 Å². The molecule has 0 saturated carbocycles. The first-order chi connectivity index (χ1) is 11.9. The lowest BCUT2D eigenvalue weighted by atomic mass is 10.1. The summed E-state index contributed by atoms with van der Waals surface area (Å²) in [5.74, 6) is -0.241. The molecule has 2 aromatic carbocycles. The van der Waals surface area contributed by atoms with Crippen LogP contribution in [0.4, 0.5) is 0 Å². The predicted molar refractivity (Wildman–Crippen MR) is 103 cm³/mol. The summed E-state index contributed by atoms with van der Waals surface area (Å²) in [5, 5.41) is 2.63. The van der Waals surface area contributed by atoms with Crippen molar-refractivity contribution in [2.75, 3.05) is 7.05 Å². The van der Waals surface area contributed by atoms with Gasteiger partial charge in [-0.3, -0.25) is 9.59 Å². The molecule has 2 aromatic rings. The smallest absolute Gasteiger partial charge is 0.242 e. The molecular formula is C20H23BrN2O2. The van der Waals surface area contributed by atoms with Gasteiger partial charge in [-0.1, -0.05) is 57.9 Å². The maximum atomic E-state index is 12.9. The van der Waals surface area contributed by atoms with Crippen molar-refractivity contribution in [2.45, 2.75) is 32.9 Å². The van der Waals surface area contributed by atoms with Crippen LogP contribution in [0.25, 0.3) is 0 Å². The van der Waals surface area contributed by atoms with Gasteiger partial charge in [0.1, 0.15) is 6.04 Å². The number of likely N-dealkylation sites (N-methyl/N-ethyl adjacent to an activating group) is 1. The molecule has 132 valence electrons. The van der Waals surface area contributed by atoms with Gasteiger partial charge in [-0.05, 0) is 37.1 Å². The van der Waals surface area contributed by atoms with Gasteiger partial charge in [-0.25, -0.2) is 0 Å². The van der Waals surface area contributed by atoms with Crippen LogP contribution in [-0.4, -0.2) is 29.8 Å². The molecule has 0 heterocycles. The van der Waals surface area contributed by atoms with Crippen LogP contribution in [0.15, 0.2) is 53.0 Å². The van der Waals surface area contributed by atoms with E-state index in [1.807, 2.05) is 55.5 Å². The summed E-state index contributed by atoms with van der Waals surface area (Å²) in [6.07, 6.45) is 0.275. The van der Waals surface area contributed by atoms with E-state index >= 15 is 0 Å². The zero-order valence-electron chi connectivity index (χ0n) is 14.8. The van der Waals surface area contributed by atoms with Gasteiger partial charge in [0.25, 0.3) is 0 Å². The average Bonchev–Trinajstić information content (AvgIpc) is 2.58. The number of amides is 2. The van der Waals surface area contributed by atoms with Crippen molar-refractivity contribution in [1.82, 2.24) is 10.2 Å². The van der Waals surface area contributed by atoms with Crippen molar-refractivity contribution < 1.29 is 9.59 Å². The Labute approximate surface area is 157 Å². The fourth-order valence-corrected chi connectivity index (χ4v) is 3.17. The number of rotatable bonds is 6. The molecule has 1 N–H and O–H groups in total. The van der Waals surface area contributed by atoms with E-state index in [2.05, 4.69) is 21.2 Å². The molecule has 0 aliphatic carbocycles. The van der Waals surface area contributed by atoms with Crippen LogP contribution in [0, 0.1) is 6.92 Å². The van der Waals surface area contributed by atoms with Crippen LogP contribution in [0.3, 0.4) is 0 Å². The fourth-order valence-electron chi connectivity index (χ4n) is 2.72.